The number of halogens is 1. The van der Waals surface area contributed by atoms with Crippen LogP contribution in [0, 0.1) is 13.8 Å². The highest BCUT2D eigenvalue weighted by Gasteiger charge is 2.30. The lowest BCUT2D eigenvalue weighted by atomic mass is 10.1. The summed E-state index contributed by atoms with van der Waals surface area (Å²) in [5.74, 6) is -0.338. The monoisotopic (exact) mass is 408 g/mol. The van der Waals surface area contributed by atoms with Gasteiger partial charge in [-0.25, -0.2) is 8.42 Å². The summed E-state index contributed by atoms with van der Waals surface area (Å²) in [4.78, 5) is 12.6. The molecule has 0 aliphatic heterocycles. The molecular formula is C20H25ClN2O3S. The smallest absolute Gasteiger partial charge is 0.243 e. The van der Waals surface area contributed by atoms with Crippen LogP contribution in [0.15, 0.2) is 42.5 Å². The van der Waals surface area contributed by atoms with E-state index in [0.29, 0.717) is 23.7 Å². The molecule has 0 saturated heterocycles. The predicted octanol–water partition coefficient (Wildman–Crippen LogP) is 3.47. The zero-order valence-electron chi connectivity index (χ0n) is 16.0. The number of nitrogens with zero attached hydrogens (tertiary/aromatic N) is 1. The first-order valence-electron chi connectivity index (χ1n) is 8.68. The Morgan fingerprint density at radius 1 is 1.15 bits per heavy atom. The quantitative estimate of drug-likeness (QED) is 0.762. The molecule has 0 bridgehead atoms. The van der Waals surface area contributed by atoms with Crippen LogP contribution < -0.4 is 9.62 Å². The molecule has 1 amide bonds. The molecular weight excluding hydrogens is 384 g/mol. The van der Waals surface area contributed by atoms with Crippen LogP contribution in [0.4, 0.5) is 5.69 Å². The number of nitrogens with one attached hydrogen (secondary N) is 1. The number of sulfonamides is 1. The highest BCUT2D eigenvalue weighted by molar-refractivity contribution is 7.92. The molecule has 7 heteroatoms. The maximum Gasteiger partial charge on any atom is 0.243 e. The van der Waals surface area contributed by atoms with Gasteiger partial charge in [-0.15, -0.1) is 0 Å². The summed E-state index contributed by atoms with van der Waals surface area (Å²) in [5, 5.41) is 3.48. The molecule has 0 radical (unpaired) electrons. The van der Waals surface area contributed by atoms with Gasteiger partial charge in [-0.05, 0) is 62.1 Å². The zero-order chi connectivity index (χ0) is 20.2. The lowest BCUT2D eigenvalue weighted by Crippen LogP contribution is -2.48. The van der Waals surface area contributed by atoms with E-state index in [1.165, 1.54) is 4.31 Å². The average molecular weight is 409 g/mol. The number of aryl methyl sites for hydroxylation is 2. The summed E-state index contributed by atoms with van der Waals surface area (Å²) in [6.45, 7) is 5.73. The Kier molecular flexibility index (Phi) is 6.89. The van der Waals surface area contributed by atoms with Crippen molar-refractivity contribution in [2.45, 2.75) is 33.2 Å². The van der Waals surface area contributed by atoms with Gasteiger partial charge in [-0.3, -0.25) is 9.10 Å². The molecule has 0 heterocycles. The number of carbonyl (C=O) groups excluding carboxylic acids is 1. The average Bonchev–Trinajstić information content (AvgIpc) is 2.58. The summed E-state index contributed by atoms with van der Waals surface area (Å²) in [6, 6.07) is 12.1. The maximum absolute atomic E-state index is 12.6. The second-order valence-corrected chi connectivity index (χ2v) is 8.99. The van der Waals surface area contributed by atoms with Crippen molar-refractivity contribution in [3.63, 3.8) is 0 Å². The molecule has 0 aliphatic rings. The topological polar surface area (TPSA) is 66.5 Å². The Balaban J connectivity index is 2.13. The third-order valence-electron chi connectivity index (χ3n) is 4.32. The fraction of sp³-hybridized carbons (Fsp3) is 0.350. The number of benzene rings is 2. The molecule has 1 N–H and O–H groups in total. The van der Waals surface area contributed by atoms with Crippen LogP contribution in [0.25, 0.3) is 0 Å². The van der Waals surface area contributed by atoms with E-state index in [-0.39, 0.29) is 5.91 Å². The van der Waals surface area contributed by atoms with Crippen LogP contribution in [0.3, 0.4) is 0 Å². The molecule has 5 nitrogen and oxygen atoms in total. The summed E-state index contributed by atoms with van der Waals surface area (Å²) in [6.07, 6.45) is 1.75. The number of rotatable bonds is 7. The maximum atomic E-state index is 12.6. The van der Waals surface area contributed by atoms with Crippen LogP contribution in [0.2, 0.25) is 5.02 Å². The first-order valence-corrected chi connectivity index (χ1v) is 10.9. The standard InChI is InChI=1S/C20H25ClN2O3S/c1-14-5-6-15(2)19(13-14)23(27(4,25)26)16(3)20(24)22-12-11-17-7-9-18(21)10-8-17/h5-10,13,16H,11-12H2,1-4H3,(H,22,24)/t16-/m1/s1. The Labute approximate surface area is 166 Å². The highest BCUT2D eigenvalue weighted by Crippen LogP contribution is 2.26. The van der Waals surface area contributed by atoms with Gasteiger partial charge >= 0.3 is 0 Å². The fourth-order valence-corrected chi connectivity index (χ4v) is 4.22. The number of hydrogen-bond donors (Lipinski definition) is 1. The van der Waals surface area contributed by atoms with Crippen molar-refractivity contribution in [3.05, 3.63) is 64.2 Å². The highest BCUT2D eigenvalue weighted by atomic mass is 35.5. The van der Waals surface area contributed by atoms with Crippen LogP contribution in [0.5, 0.6) is 0 Å². The van der Waals surface area contributed by atoms with E-state index in [1.54, 1.807) is 25.1 Å². The molecule has 146 valence electrons. The van der Waals surface area contributed by atoms with E-state index in [0.717, 1.165) is 22.9 Å². The number of hydrogen-bond acceptors (Lipinski definition) is 3. The summed E-state index contributed by atoms with van der Waals surface area (Å²) >= 11 is 5.87. The molecule has 0 unspecified atom stereocenters. The minimum atomic E-state index is -3.63. The second kappa shape index (κ2) is 8.76. The number of anilines is 1. The Bertz CT molecular complexity index is 911. The van der Waals surface area contributed by atoms with Crippen molar-refractivity contribution in [1.29, 1.82) is 0 Å². The Hall–Kier alpha value is -2.05. The number of carbonyl (C=O) groups is 1. The van der Waals surface area contributed by atoms with Crippen molar-refractivity contribution < 1.29 is 13.2 Å². The molecule has 27 heavy (non-hydrogen) atoms. The van der Waals surface area contributed by atoms with Gasteiger partial charge < -0.3 is 5.32 Å². The van der Waals surface area contributed by atoms with Crippen LogP contribution in [-0.4, -0.2) is 33.2 Å². The summed E-state index contributed by atoms with van der Waals surface area (Å²) in [7, 11) is -3.63. The molecule has 2 aromatic rings. The van der Waals surface area contributed by atoms with Crippen LogP contribution >= 0.6 is 11.6 Å². The van der Waals surface area contributed by atoms with Gasteiger partial charge in [0.15, 0.2) is 0 Å². The van der Waals surface area contributed by atoms with E-state index >= 15 is 0 Å². The summed E-state index contributed by atoms with van der Waals surface area (Å²) in [5.41, 5.74) is 3.30. The van der Waals surface area contributed by atoms with E-state index in [2.05, 4.69) is 5.32 Å². The third kappa shape index (κ3) is 5.71. The minimum Gasteiger partial charge on any atom is -0.354 e. The normalized spacial score (nSPS) is 12.5. The third-order valence-corrected chi connectivity index (χ3v) is 5.80. The molecule has 2 aromatic carbocycles. The van der Waals surface area contributed by atoms with Crippen molar-refractivity contribution >= 4 is 33.2 Å². The van der Waals surface area contributed by atoms with E-state index in [4.69, 9.17) is 11.6 Å². The Morgan fingerprint density at radius 3 is 2.37 bits per heavy atom. The van der Waals surface area contributed by atoms with Crippen molar-refractivity contribution in [2.75, 3.05) is 17.1 Å². The molecule has 2 rings (SSSR count). The van der Waals surface area contributed by atoms with E-state index in [9.17, 15) is 13.2 Å². The fourth-order valence-electron chi connectivity index (χ4n) is 2.87. The Morgan fingerprint density at radius 2 is 1.78 bits per heavy atom. The first-order chi connectivity index (χ1) is 12.6. The SMILES string of the molecule is Cc1ccc(C)c(N([C@H](C)C(=O)NCCc2ccc(Cl)cc2)S(C)(=O)=O)c1. The molecule has 0 fully saturated rings. The molecule has 0 aliphatic carbocycles. The van der Waals surface area contributed by atoms with Gasteiger partial charge in [-0.1, -0.05) is 35.9 Å². The molecule has 1 atom stereocenters. The molecule has 0 aromatic heterocycles. The van der Waals surface area contributed by atoms with Gasteiger partial charge in [0.05, 0.1) is 11.9 Å². The molecule has 0 spiro atoms. The van der Waals surface area contributed by atoms with Gasteiger partial charge in [0.1, 0.15) is 6.04 Å². The van der Waals surface area contributed by atoms with Gasteiger partial charge in [0.2, 0.25) is 15.9 Å². The van der Waals surface area contributed by atoms with Crippen molar-refractivity contribution in [3.8, 4) is 0 Å². The van der Waals surface area contributed by atoms with Gasteiger partial charge in [-0.2, -0.15) is 0 Å². The van der Waals surface area contributed by atoms with Crippen molar-refractivity contribution in [2.24, 2.45) is 0 Å². The van der Waals surface area contributed by atoms with E-state index in [1.807, 2.05) is 38.1 Å². The largest absolute Gasteiger partial charge is 0.354 e. The van der Waals surface area contributed by atoms with Gasteiger partial charge in [0.25, 0.3) is 0 Å². The second-order valence-electron chi connectivity index (χ2n) is 6.69. The first kappa shape index (κ1) is 21.3. The van der Waals surface area contributed by atoms with Gasteiger partial charge in [0, 0.05) is 11.6 Å². The zero-order valence-corrected chi connectivity index (χ0v) is 17.6. The minimum absolute atomic E-state index is 0.338. The van der Waals surface area contributed by atoms with Crippen molar-refractivity contribution in [1.82, 2.24) is 5.32 Å². The number of amides is 1. The lowest BCUT2D eigenvalue weighted by molar-refractivity contribution is -0.121. The summed E-state index contributed by atoms with van der Waals surface area (Å²) < 4.78 is 26.0. The van der Waals surface area contributed by atoms with Crippen LogP contribution in [0.1, 0.15) is 23.6 Å². The molecule has 0 saturated carbocycles. The van der Waals surface area contributed by atoms with E-state index < -0.39 is 16.1 Å². The van der Waals surface area contributed by atoms with Crippen LogP contribution in [-0.2, 0) is 21.2 Å². The lowest BCUT2D eigenvalue weighted by Gasteiger charge is -2.29. The predicted molar refractivity (Wildman–Crippen MR) is 111 cm³/mol.